The van der Waals surface area contributed by atoms with Crippen molar-refractivity contribution >= 4 is 18.0 Å². The van der Waals surface area contributed by atoms with Crippen molar-refractivity contribution in [2.75, 3.05) is 6.61 Å². The molecule has 4 aromatic rings. The number of phenolic OH excluding ortho intramolecular Hbond substituents is 10. The molecule has 1 fully saturated rings. The van der Waals surface area contributed by atoms with E-state index in [2.05, 4.69) is 0 Å². The standard InChI is InChI=1S/C35H30O19/c36-11-26-29(47)31(53-33(48)13-4-20(41)27(45)21(42)5-13)32(54-34(49)14-6-22(43)28(46)23(44)7-14)35(52-26)51-25-10-16-18(39)8-15(37)9-24(16)50-30(25)12-1-2-17(38)19(40)3-12/h1-10,26,29-32,35-47H,11H2/t26-,29-,30?,31+,32-,35-/m1/s1. The van der Waals surface area contributed by atoms with Gasteiger partial charge in [-0.15, -0.1) is 0 Å². The van der Waals surface area contributed by atoms with Gasteiger partial charge in [0.1, 0.15) is 35.2 Å². The third kappa shape index (κ3) is 6.96. The van der Waals surface area contributed by atoms with Gasteiger partial charge in [0.15, 0.2) is 58.2 Å². The quantitative estimate of drug-likeness (QED) is 0.0900. The molecule has 1 saturated heterocycles. The number of rotatable bonds is 8. The highest BCUT2D eigenvalue weighted by atomic mass is 16.7. The van der Waals surface area contributed by atoms with Gasteiger partial charge < -0.3 is 85.0 Å². The summed E-state index contributed by atoms with van der Waals surface area (Å²) in [7, 11) is 0. The Hall–Kier alpha value is -6.96. The Labute approximate surface area is 301 Å². The van der Waals surface area contributed by atoms with Crippen molar-refractivity contribution < 1.29 is 94.6 Å². The van der Waals surface area contributed by atoms with Crippen LogP contribution in [0.2, 0.25) is 0 Å². The SMILES string of the molecule is O=C(O[C@H]1[C@H](OC2=Cc3c(O)cc(O)cc3OC2c2ccc(O)c(O)c2)O[C@H](CO)[C@@H](O)[C@@H]1OC(=O)c1cc(O)c(O)c(O)c1)c1cc(O)c(O)c(O)c1. The lowest BCUT2D eigenvalue weighted by Crippen LogP contribution is -2.61. The monoisotopic (exact) mass is 754 g/mol. The Bertz CT molecular complexity index is 2120. The van der Waals surface area contributed by atoms with Gasteiger partial charge in [0.05, 0.1) is 23.3 Å². The summed E-state index contributed by atoms with van der Waals surface area (Å²) in [5.41, 5.74) is -1.13. The van der Waals surface area contributed by atoms with Gasteiger partial charge in [-0.1, -0.05) is 6.07 Å². The van der Waals surface area contributed by atoms with E-state index >= 15 is 0 Å². The van der Waals surface area contributed by atoms with Crippen LogP contribution in [0.1, 0.15) is 37.9 Å². The number of benzene rings is 4. The molecule has 0 bridgehead atoms. The minimum Gasteiger partial charge on any atom is -0.508 e. The van der Waals surface area contributed by atoms with Crippen LogP contribution >= 0.6 is 0 Å². The van der Waals surface area contributed by atoms with Gasteiger partial charge >= 0.3 is 11.9 Å². The summed E-state index contributed by atoms with van der Waals surface area (Å²) < 4.78 is 29.0. The second-order valence-electron chi connectivity index (χ2n) is 12.0. The molecule has 6 atom stereocenters. The summed E-state index contributed by atoms with van der Waals surface area (Å²) in [5, 5.41) is 122. The maximum atomic E-state index is 13.5. The third-order valence-corrected chi connectivity index (χ3v) is 8.34. The van der Waals surface area contributed by atoms with Gasteiger partial charge in [0.25, 0.3) is 0 Å². The first-order valence-corrected chi connectivity index (χ1v) is 15.5. The van der Waals surface area contributed by atoms with Crippen molar-refractivity contribution in [3.8, 4) is 63.2 Å². The average molecular weight is 755 g/mol. The summed E-state index contributed by atoms with van der Waals surface area (Å²) in [6.45, 7) is -0.968. The van der Waals surface area contributed by atoms with Crippen molar-refractivity contribution in [3.05, 3.63) is 82.6 Å². The summed E-state index contributed by atoms with van der Waals surface area (Å²) in [6.07, 6.45) is -10.0. The number of hydrogen-bond acceptors (Lipinski definition) is 19. The lowest BCUT2D eigenvalue weighted by atomic mass is 9.97. The smallest absolute Gasteiger partial charge is 0.339 e. The highest BCUT2D eigenvalue weighted by Crippen LogP contribution is 2.46. The van der Waals surface area contributed by atoms with Crippen molar-refractivity contribution in [2.45, 2.75) is 36.8 Å². The molecular weight excluding hydrogens is 724 g/mol. The van der Waals surface area contributed by atoms with E-state index in [0.717, 1.165) is 24.3 Å². The van der Waals surface area contributed by atoms with Crippen LogP contribution in [0.15, 0.2) is 60.4 Å². The Kier molecular flexibility index (Phi) is 9.70. The van der Waals surface area contributed by atoms with Gasteiger partial charge in [-0.05, 0) is 42.5 Å². The van der Waals surface area contributed by atoms with Crippen LogP contribution in [0.5, 0.6) is 63.2 Å². The Morgan fingerprint density at radius 3 is 1.74 bits per heavy atom. The number of phenols is 10. The summed E-state index contributed by atoms with van der Waals surface area (Å²) in [5.74, 6) is -10.9. The molecule has 54 heavy (non-hydrogen) atoms. The second kappa shape index (κ2) is 14.2. The molecule has 12 N–H and O–H groups in total. The first-order valence-electron chi connectivity index (χ1n) is 15.5. The fraction of sp³-hybridized carbons (Fsp3) is 0.200. The van der Waals surface area contributed by atoms with Gasteiger partial charge in [-0.25, -0.2) is 9.59 Å². The van der Waals surface area contributed by atoms with Gasteiger partial charge in [0.2, 0.25) is 12.4 Å². The first kappa shape index (κ1) is 36.8. The van der Waals surface area contributed by atoms with E-state index in [0.29, 0.717) is 24.3 Å². The molecule has 0 amide bonds. The van der Waals surface area contributed by atoms with Gasteiger partial charge in [-0.2, -0.15) is 0 Å². The Morgan fingerprint density at radius 2 is 1.20 bits per heavy atom. The summed E-state index contributed by atoms with van der Waals surface area (Å²) in [6, 6.07) is 8.42. The van der Waals surface area contributed by atoms with Crippen LogP contribution < -0.4 is 4.74 Å². The number of aliphatic hydroxyl groups is 2. The molecule has 284 valence electrons. The highest BCUT2D eigenvalue weighted by molar-refractivity contribution is 5.92. The van der Waals surface area contributed by atoms with Crippen molar-refractivity contribution in [1.82, 2.24) is 0 Å². The van der Waals surface area contributed by atoms with Crippen LogP contribution in [-0.4, -0.2) is 111 Å². The van der Waals surface area contributed by atoms with Crippen LogP contribution in [0, 0.1) is 0 Å². The lowest BCUT2D eigenvalue weighted by Gasteiger charge is -2.43. The number of ether oxygens (including phenoxy) is 5. The van der Waals surface area contributed by atoms with E-state index in [4.69, 9.17) is 23.7 Å². The lowest BCUT2D eigenvalue weighted by molar-refractivity contribution is -0.291. The van der Waals surface area contributed by atoms with Gasteiger partial charge in [0, 0.05) is 17.7 Å². The number of carbonyl (C=O) groups is 2. The van der Waals surface area contributed by atoms with E-state index in [1.807, 2.05) is 0 Å². The number of aromatic hydroxyl groups is 10. The van der Waals surface area contributed by atoms with Crippen molar-refractivity contribution in [1.29, 1.82) is 0 Å². The number of carbonyl (C=O) groups excluding carboxylic acids is 2. The zero-order valence-electron chi connectivity index (χ0n) is 27.2. The molecule has 19 heteroatoms. The zero-order chi connectivity index (χ0) is 39.2. The number of hydrogen-bond donors (Lipinski definition) is 12. The van der Waals surface area contributed by atoms with E-state index in [-0.39, 0.29) is 22.6 Å². The van der Waals surface area contributed by atoms with E-state index in [9.17, 15) is 70.9 Å². The molecule has 0 aromatic heterocycles. The van der Waals surface area contributed by atoms with E-state index in [1.165, 1.54) is 12.1 Å². The minimum absolute atomic E-state index is 0.0601. The van der Waals surface area contributed by atoms with E-state index < -0.39 is 124 Å². The molecule has 6 rings (SSSR count). The van der Waals surface area contributed by atoms with Crippen molar-refractivity contribution in [2.24, 2.45) is 0 Å². The van der Waals surface area contributed by atoms with Crippen molar-refractivity contribution in [3.63, 3.8) is 0 Å². The fourth-order valence-corrected chi connectivity index (χ4v) is 5.63. The molecule has 1 unspecified atom stereocenters. The summed E-state index contributed by atoms with van der Waals surface area (Å²) in [4.78, 5) is 26.9. The second-order valence-corrected chi connectivity index (χ2v) is 12.0. The first-order chi connectivity index (χ1) is 25.6. The van der Waals surface area contributed by atoms with Crippen LogP contribution in [0.3, 0.4) is 0 Å². The topological polar surface area (TPSA) is 323 Å². The maximum absolute atomic E-state index is 13.5. The highest BCUT2D eigenvalue weighted by Gasteiger charge is 2.52. The normalized spacial score (nSPS) is 21.9. The average Bonchev–Trinajstić information content (AvgIpc) is 3.12. The molecule has 2 aliphatic heterocycles. The number of fused-ring (bicyclic) bond motifs is 1. The predicted molar refractivity (Wildman–Crippen MR) is 175 cm³/mol. The summed E-state index contributed by atoms with van der Waals surface area (Å²) >= 11 is 0. The molecule has 2 heterocycles. The molecule has 0 radical (unpaired) electrons. The third-order valence-electron chi connectivity index (χ3n) is 8.34. The fourth-order valence-electron chi connectivity index (χ4n) is 5.63. The number of esters is 2. The van der Waals surface area contributed by atoms with E-state index in [1.54, 1.807) is 0 Å². The molecule has 4 aromatic carbocycles. The Morgan fingerprint density at radius 1 is 0.648 bits per heavy atom. The molecule has 0 spiro atoms. The van der Waals surface area contributed by atoms with Crippen LogP contribution in [0.4, 0.5) is 0 Å². The molecule has 0 aliphatic carbocycles. The van der Waals surface area contributed by atoms with Crippen LogP contribution in [0.25, 0.3) is 6.08 Å². The largest absolute Gasteiger partial charge is 0.508 e. The van der Waals surface area contributed by atoms with Crippen LogP contribution in [-0.2, 0) is 18.9 Å². The minimum atomic E-state index is -2.07. The molecule has 19 nitrogen and oxygen atoms in total. The maximum Gasteiger partial charge on any atom is 0.339 e. The zero-order valence-corrected chi connectivity index (χ0v) is 27.2. The predicted octanol–water partition coefficient (Wildman–Crippen LogP) is 1.76. The van der Waals surface area contributed by atoms with Gasteiger partial charge in [-0.3, -0.25) is 0 Å². The Balaban J connectivity index is 1.45. The molecular formula is C35H30O19. The molecule has 2 aliphatic rings. The number of aliphatic hydroxyl groups excluding tert-OH is 2. The molecule has 0 saturated carbocycles.